The van der Waals surface area contributed by atoms with Crippen molar-refractivity contribution < 1.29 is 24.9 Å². The number of carbonyl (C=O) groups excluding carboxylic acids is 1. The maximum atomic E-state index is 10.8. The Labute approximate surface area is 130 Å². The monoisotopic (exact) mass is 306 g/mol. The van der Waals surface area contributed by atoms with Crippen molar-refractivity contribution in [3.05, 3.63) is 65.7 Å². The molecule has 0 heterocycles. The molecule has 120 valence electrons. The first-order valence-electron chi connectivity index (χ1n) is 6.72. The van der Waals surface area contributed by atoms with E-state index < -0.39 is 5.97 Å². The normalized spacial score (nSPS) is 8.73. The maximum Gasteiger partial charge on any atom is 0.337 e. The maximum absolute atomic E-state index is 10.8. The molecule has 0 amide bonds. The second-order valence-corrected chi connectivity index (χ2v) is 4.00. The minimum atomic E-state index is -0.398. The first-order valence-corrected chi connectivity index (χ1v) is 6.72. The van der Waals surface area contributed by atoms with Crippen LogP contribution in [-0.2, 0) is 11.3 Å². The van der Waals surface area contributed by atoms with Gasteiger partial charge in [-0.05, 0) is 36.8 Å². The minimum absolute atomic E-state index is 0.137. The number of aliphatic hydroxyl groups excluding tert-OH is 2. The van der Waals surface area contributed by atoms with Crippen LogP contribution in [0.15, 0.2) is 54.6 Å². The van der Waals surface area contributed by atoms with Gasteiger partial charge in [-0.25, -0.2) is 4.79 Å². The van der Waals surface area contributed by atoms with Crippen LogP contribution in [0.2, 0.25) is 0 Å². The molecule has 0 aliphatic rings. The van der Waals surface area contributed by atoms with E-state index in [1.54, 1.807) is 6.92 Å². The molecule has 0 saturated carbocycles. The van der Waals surface area contributed by atoms with Crippen LogP contribution < -0.4 is 0 Å². The lowest BCUT2D eigenvalue weighted by atomic mass is 10.2. The van der Waals surface area contributed by atoms with Crippen LogP contribution >= 0.6 is 0 Å². The van der Waals surface area contributed by atoms with Gasteiger partial charge < -0.3 is 20.1 Å². The smallest absolute Gasteiger partial charge is 0.337 e. The highest BCUT2D eigenvalue weighted by Crippen LogP contribution is 2.09. The van der Waals surface area contributed by atoms with E-state index in [-0.39, 0.29) is 19.0 Å². The van der Waals surface area contributed by atoms with Crippen molar-refractivity contribution in [2.75, 3.05) is 13.7 Å². The first kappa shape index (κ1) is 19.6. The van der Waals surface area contributed by atoms with Crippen LogP contribution in [0, 0.1) is 0 Å². The summed E-state index contributed by atoms with van der Waals surface area (Å²) in [6.45, 7) is 2.07. The van der Waals surface area contributed by atoms with Crippen LogP contribution in [-0.4, -0.2) is 35.0 Å². The molecule has 22 heavy (non-hydrogen) atoms. The van der Waals surface area contributed by atoms with Crippen molar-refractivity contribution in [1.82, 2.24) is 0 Å². The van der Waals surface area contributed by atoms with Crippen LogP contribution in [0.25, 0.3) is 0 Å². The van der Waals surface area contributed by atoms with E-state index in [0.29, 0.717) is 5.56 Å². The molecule has 3 N–H and O–H groups in total. The Morgan fingerprint density at radius 2 is 1.50 bits per heavy atom. The molecule has 2 aromatic carbocycles. The summed E-state index contributed by atoms with van der Waals surface area (Å²) in [6, 6.07) is 15.4. The third kappa shape index (κ3) is 8.73. The fourth-order valence-corrected chi connectivity index (χ4v) is 1.30. The Kier molecular flexibility index (Phi) is 11.0. The Morgan fingerprint density at radius 3 is 1.86 bits per heavy atom. The zero-order valence-corrected chi connectivity index (χ0v) is 12.8. The van der Waals surface area contributed by atoms with Gasteiger partial charge in [-0.1, -0.05) is 30.3 Å². The Balaban J connectivity index is 0.000000352. The van der Waals surface area contributed by atoms with Gasteiger partial charge in [-0.2, -0.15) is 0 Å². The Hall–Kier alpha value is -2.37. The summed E-state index contributed by atoms with van der Waals surface area (Å²) in [5, 5.41) is 25.0. The molecule has 0 spiro atoms. The standard InChI is InChI=1S/C8H8O3.C7H8O.C2H6O/c1-11-8(10)6-2-4-7(9)5-3-6;8-6-7-4-2-1-3-5-7;1-2-3/h2-5,9H,1H3;1-5,8H,6H2;3H,2H2,1H3. The summed E-state index contributed by atoms with van der Waals surface area (Å²) < 4.78 is 4.46. The molecular weight excluding hydrogens is 284 g/mol. The lowest BCUT2D eigenvalue weighted by Crippen LogP contribution is -1.99. The highest BCUT2D eigenvalue weighted by Gasteiger charge is 2.02. The molecular formula is C17H22O5. The van der Waals surface area contributed by atoms with Crippen LogP contribution in [0.5, 0.6) is 5.75 Å². The Morgan fingerprint density at radius 1 is 1.00 bits per heavy atom. The van der Waals surface area contributed by atoms with Gasteiger partial charge in [-0.15, -0.1) is 0 Å². The van der Waals surface area contributed by atoms with Gasteiger partial charge in [0, 0.05) is 6.61 Å². The highest BCUT2D eigenvalue weighted by atomic mass is 16.5. The van der Waals surface area contributed by atoms with Gasteiger partial charge in [0.2, 0.25) is 0 Å². The summed E-state index contributed by atoms with van der Waals surface area (Å²) in [7, 11) is 1.31. The van der Waals surface area contributed by atoms with Crippen LogP contribution in [0.4, 0.5) is 0 Å². The van der Waals surface area contributed by atoms with Crippen molar-refractivity contribution in [2.45, 2.75) is 13.5 Å². The summed E-state index contributed by atoms with van der Waals surface area (Å²) >= 11 is 0. The number of hydrogen-bond donors (Lipinski definition) is 3. The number of esters is 1. The van der Waals surface area contributed by atoms with Crippen molar-refractivity contribution >= 4 is 5.97 Å². The topological polar surface area (TPSA) is 87.0 Å². The van der Waals surface area contributed by atoms with Crippen molar-refractivity contribution in [3.63, 3.8) is 0 Å². The van der Waals surface area contributed by atoms with Gasteiger partial charge in [0.1, 0.15) is 5.75 Å². The molecule has 5 heteroatoms. The van der Waals surface area contributed by atoms with Crippen molar-refractivity contribution in [1.29, 1.82) is 0 Å². The van der Waals surface area contributed by atoms with Gasteiger partial charge >= 0.3 is 5.97 Å². The molecule has 0 unspecified atom stereocenters. The molecule has 0 aliphatic heterocycles. The van der Waals surface area contributed by atoms with E-state index in [4.69, 9.17) is 15.3 Å². The van der Waals surface area contributed by atoms with E-state index in [0.717, 1.165) is 5.56 Å². The number of carbonyl (C=O) groups is 1. The predicted molar refractivity (Wildman–Crippen MR) is 84.6 cm³/mol. The van der Waals surface area contributed by atoms with Crippen molar-refractivity contribution in [3.8, 4) is 5.75 Å². The number of methoxy groups -OCH3 is 1. The number of ether oxygens (including phenoxy) is 1. The summed E-state index contributed by atoms with van der Waals surface area (Å²) in [5.41, 5.74) is 1.40. The molecule has 0 aromatic heterocycles. The molecule has 0 fully saturated rings. The molecule has 5 nitrogen and oxygen atoms in total. The van der Waals surface area contributed by atoms with Crippen molar-refractivity contribution in [2.24, 2.45) is 0 Å². The number of aliphatic hydroxyl groups is 2. The van der Waals surface area contributed by atoms with Gasteiger partial charge in [0.15, 0.2) is 0 Å². The van der Waals surface area contributed by atoms with Gasteiger partial charge in [-0.3, -0.25) is 0 Å². The lowest BCUT2D eigenvalue weighted by Gasteiger charge is -1.97. The third-order valence-electron chi connectivity index (χ3n) is 2.31. The van der Waals surface area contributed by atoms with E-state index in [1.807, 2.05) is 30.3 Å². The molecule has 0 atom stereocenters. The van der Waals surface area contributed by atoms with E-state index in [9.17, 15) is 4.79 Å². The molecule has 2 rings (SSSR count). The zero-order chi connectivity index (χ0) is 16.8. The quantitative estimate of drug-likeness (QED) is 0.741. The number of phenolic OH excluding ortho intramolecular Hbond substituents is 1. The average molecular weight is 306 g/mol. The largest absolute Gasteiger partial charge is 0.508 e. The SMILES string of the molecule is CCO.COC(=O)c1ccc(O)cc1.OCc1ccccc1. The summed E-state index contributed by atoms with van der Waals surface area (Å²) in [6.07, 6.45) is 0. The predicted octanol–water partition coefficient (Wildman–Crippen LogP) is 2.36. The number of hydrogen-bond acceptors (Lipinski definition) is 5. The highest BCUT2D eigenvalue weighted by molar-refractivity contribution is 5.89. The fraction of sp³-hybridized carbons (Fsp3) is 0.235. The molecule has 0 saturated heterocycles. The van der Waals surface area contributed by atoms with E-state index in [1.165, 1.54) is 31.4 Å². The number of rotatable bonds is 2. The third-order valence-corrected chi connectivity index (χ3v) is 2.31. The number of aromatic hydroxyl groups is 1. The number of phenols is 1. The molecule has 0 radical (unpaired) electrons. The molecule has 0 aliphatic carbocycles. The zero-order valence-electron chi connectivity index (χ0n) is 12.8. The summed E-state index contributed by atoms with van der Waals surface area (Å²) in [5.74, 6) is -0.261. The minimum Gasteiger partial charge on any atom is -0.508 e. The fourth-order valence-electron chi connectivity index (χ4n) is 1.30. The Bertz CT molecular complexity index is 508. The van der Waals surface area contributed by atoms with Crippen LogP contribution in [0.1, 0.15) is 22.8 Å². The summed E-state index contributed by atoms with van der Waals surface area (Å²) in [4.78, 5) is 10.8. The molecule has 2 aromatic rings. The lowest BCUT2D eigenvalue weighted by molar-refractivity contribution is 0.0600. The second-order valence-electron chi connectivity index (χ2n) is 4.00. The second kappa shape index (κ2) is 12.4. The average Bonchev–Trinajstić information content (AvgIpc) is 2.57. The van der Waals surface area contributed by atoms with Gasteiger partial charge in [0.25, 0.3) is 0 Å². The molecule has 0 bridgehead atoms. The van der Waals surface area contributed by atoms with Gasteiger partial charge in [0.05, 0.1) is 19.3 Å². The van der Waals surface area contributed by atoms with E-state index >= 15 is 0 Å². The van der Waals surface area contributed by atoms with Crippen LogP contribution in [0.3, 0.4) is 0 Å². The van der Waals surface area contributed by atoms with E-state index in [2.05, 4.69) is 4.74 Å². The number of benzene rings is 2. The first-order chi connectivity index (χ1) is 10.6.